The fourth-order valence-corrected chi connectivity index (χ4v) is 2.57. The van der Waals surface area contributed by atoms with Gasteiger partial charge in [-0.05, 0) is 57.7 Å². The molecule has 1 aliphatic rings. The van der Waals surface area contributed by atoms with Crippen molar-refractivity contribution in [2.45, 2.75) is 58.5 Å². The van der Waals surface area contributed by atoms with Gasteiger partial charge in [-0.1, -0.05) is 12.8 Å². The molecular formula is C17H26FNO. The number of ether oxygens (including phenoxy) is 1. The number of benzene rings is 1. The maximum atomic E-state index is 13.4. The van der Waals surface area contributed by atoms with Gasteiger partial charge in [0.15, 0.2) is 0 Å². The maximum Gasteiger partial charge on any atom is 0.123 e. The van der Waals surface area contributed by atoms with E-state index in [1.165, 1.54) is 31.7 Å². The Balaban J connectivity index is 1.99. The van der Waals surface area contributed by atoms with E-state index in [4.69, 9.17) is 4.74 Å². The number of halogens is 1. The first-order chi connectivity index (χ1) is 9.44. The van der Waals surface area contributed by atoms with Crippen LogP contribution in [0.25, 0.3) is 0 Å². The van der Waals surface area contributed by atoms with Crippen molar-refractivity contribution in [1.82, 2.24) is 5.32 Å². The summed E-state index contributed by atoms with van der Waals surface area (Å²) < 4.78 is 19.4. The lowest BCUT2D eigenvalue weighted by Crippen LogP contribution is -2.35. The van der Waals surface area contributed by atoms with E-state index in [9.17, 15) is 4.39 Å². The third-order valence-corrected chi connectivity index (χ3v) is 3.78. The molecule has 3 heteroatoms. The molecule has 0 spiro atoms. The zero-order valence-corrected chi connectivity index (χ0v) is 12.8. The zero-order valence-electron chi connectivity index (χ0n) is 12.8. The SMILES string of the molecule is CC(C)(C)NCc1cc(F)ccc1OCC1CCCC1. The third kappa shape index (κ3) is 4.78. The molecule has 0 amide bonds. The van der Waals surface area contributed by atoms with Crippen molar-refractivity contribution in [2.24, 2.45) is 5.92 Å². The Labute approximate surface area is 121 Å². The Morgan fingerprint density at radius 2 is 1.95 bits per heavy atom. The van der Waals surface area contributed by atoms with Crippen LogP contribution in [0.3, 0.4) is 0 Å². The lowest BCUT2D eigenvalue weighted by atomic mass is 10.1. The highest BCUT2D eigenvalue weighted by Gasteiger charge is 2.17. The molecule has 1 aliphatic carbocycles. The number of nitrogens with one attached hydrogen (secondary N) is 1. The molecule has 2 rings (SSSR count). The van der Waals surface area contributed by atoms with E-state index in [-0.39, 0.29) is 11.4 Å². The second-order valence-electron chi connectivity index (χ2n) is 6.82. The molecule has 0 saturated heterocycles. The Kier molecular flexibility index (Phi) is 5.03. The van der Waals surface area contributed by atoms with Crippen molar-refractivity contribution in [3.05, 3.63) is 29.6 Å². The Morgan fingerprint density at radius 3 is 2.60 bits per heavy atom. The minimum atomic E-state index is -0.205. The van der Waals surface area contributed by atoms with E-state index >= 15 is 0 Å². The van der Waals surface area contributed by atoms with E-state index in [0.717, 1.165) is 17.9 Å². The number of hydrogen-bond acceptors (Lipinski definition) is 2. The Hall–Kier alpha value is -1.09. The van der Waals surface area contributed by atoms with Crippen molar-refractivity contribution in [2.75, 3.05) is 6.61 Å². The monoisotopic (exact) mass is 279 g/mol. The smallest absolute Gasteiger partial charge is 0.123 e. The predicted octanol–water partition coefficient (Wildman–Crippen LogP) is 4.28. The van der Waals surface area contributed by atoms with Crippen molar-refractivity contribution in [3.63, 3.8) is 0 Å². The molecule has 0 unspecified atom stereocenters. The second kappa shape index (κ2) is 6.57. The average Bonchev–Trinajstić information content (AvgIpc) is 2.87. The van der Waals surface area contributed by atoms with Gasteiger partial charge in [0.2, 0.25) is 0 Å². The van der Waals surface area contributed by atoms with Crippen LogP contribution in [0.4, 0.5) is 4.39 Å². The first kappa shape index (κ1) is 15.3. The summed E-state index contributed by atoms with van der Waals surface area (Å²) in [6.45, 7) is 7.69. The van der Waals surface area contributed by atoms with Gasteiger partial charge in [-0.15, -0.1) is 0 Å². The molecule has 0 radical (unpaired) electrons. The van der Waals surface area contributed by atoms with Crippen LogP contribution in [-0.4, -0.2) is 12.1 Å². The van der Waals surface area contributed by atoms with Crippen LogP contribution in [0, 0.1) is 11.7 Å². The third-order valence-electron chi connectivity index (χ3n) is 3.78. The number of hydrogen-bond donors (Lipinski definition) is 1. The molecule has 2 nitrogen and oxygen atoms in total. The van der Waals surface area contributed by atoms with Crippen molar-refractivity contribution >= 4 is 0 Å². The van der Waals surface area contributed by atoms with Crippen molar-refractivity contribution in [1.29, 1.82) is 0 Å². The minimum absolute atomic E-state index is 0.00897. The summed E-state index contributed by atoms with van der Waals surface area (Å²) in [5, 5.41) is 3.39. The maximum absolute atomic E-state index is 13.4. The summed E-state index contributed by atoms with van der Waals surface area (Å²) in [6.07, 6.45) is 5.15. The largest absolute Gasteiger partial charge is 0.493 e. The molecule has 20 heavy (non-hydrogen) atoms. The molecule has 0 aliphatic heterocycles. The first-order valence-corrected chi connectivity index (χ1v) is 7.60. The molecule has 0 heterocycles. The van der Waals surface area contributed by atoms with Gasteiger partial charge in [-0.25, -0.2) is 4.39 Å². The van der Waals surface area contributed by atoms with Crippen LogP contribution in [0.15, 0.2) is 18.2 Å². The Bertz CT molecular complexity index is 433. The van der Waals surface area contributed by atoms with E-state index in [1.54, 1.807) is 12.1 Å². The van der Waals surface area contributed by atoms with Crippen LogP contribution in [0.1, 0.15) is 52.0 Å². The molecule has 1 saturated carbocycles. The normalized spacial score (nSPS) is 16.6. The van der Waals surface area contributed by atoms with E-state index in [2.05, 4.69) is 26.1 Å². The molecular weight excluding hydrogens is 253 g/mol. The topological polar surface area (TPSA) is 21.3 Å². The highest BCUT2D eigenvalue weighted by atomic mass is 19.1. The lowest BCUT2D eigenvalue weighted by molar-refractivity contribution is 0.248. The molecule has 112 valence electrons. The summed E-state index contributed by atoms with van der Waals surface area (Å²) >= 11 is 0. The molecule has 0 aromatic heterocycles. The van der Waals surface area contributed by atoms with Gasteiger partial charge in [0.1, 0.15) is 11.6 Å². The van der Waals surface area contributed by atoms with E-state index in [0.29, 0.717) is 12.5 Å². The van der Waals surface area contributed by atoms with Gasteiger partial charge in [-0.3, -0.25) is 0 Å². The van der Waals surface area contributed by atoms with Crippen molar-refractivity contribution < 1.29 is 9.13 Å². The highest BCUT2D eigenvalue weighted by Crippen LogP contribution is 2.27. The van der Waals surface area contributed by atoms with Crippen LogP contribution in [0.5, 0.6) is 5.75 Å². The summed E-state index contributed by atoms with van der Waals surface area (Å²) in [5.74, 6) is 1.28. The van der Waals surface area contributed by atoms with Crippen LogP contribution < -0.4 is 10.1 Å². The quantitative estimate of drug-likeness (QED) is 0.868. The molecule has 1 aromatic rings. The molecule has 0 bridgehead atoms. The van der Waals surface area contributed by atoms with Gasteiger partial charge in [0.05, 0.1) is 6.61 Å². The summed E-state index contributed by atoms with van der Waals surface area (Å²) in [4.78, 5) is 0. The molecule has 1 fully saturated rings. The van der Waals surface area contributed by atoms with Gasteiger partial charge >= 0.3 is 0 Å². The molecule has 1 N–H and O–H groups in total. The van der Waals surface area contributed by atoms with E-state index < -0.39 is 0 Å². The lowest BCUT2D eigenvalue weighted by Gasteiger charge is -2.22. The van der Waals surface area contributed by atoms with Gasteiger partial charge in [-0.2, -0.15) is 0 Å². The zero-order chi connectivity index (χ0) is 14.6. The van der Waals surface area contributed by atoms with Crippen LogP contribution in [-0.2, 0) is 6.54 Å². The van der Waals surface area contributed by atoms with Gasteiger partial charge < -0.3 is 10.1 Å². The summed E-state index contributed by atoms with van der Waals surface area (Å²) in [5.41, 5.74) is 0.910. The Morgan fingerprint density at radius 1 is 1.25 bits per heavy atom. The summed E-state index contributed by atoms with van der Waals surface area (Å²) in [7, 11) is 0. The van der Waals surface area contributed by atoms with Crippen LogP contribution >= 0.6 is 0 Å². The minimum Gasteiger partial charge on any atom is -0.493 e. The van der Waals surface area contributed by atoms with Gasteiger partial charge in [0.25, 0.3) is 0 Å². The fourth-order valence-electron chi connectivity index (χ4n) is 2.57. The number of rotatable bonds is 5. The van der Waals surface area contributed by atoms with E-state index in [1.807, 2.05) is 0 Å². The van der Waals surface area contributed by atoms with Crippen molar-refractivity contribution in [3.8, 4) is 5.75 Å². The first-order valence-electron chi connectivity index (χ1n) is 7.60. The molecule has 0 atom stereocenters. The highest BCUT2D eigenvalue weighted by molar-refractivity contribution is 5.34. The summed E-state index contributed by atoms with van der Waals surface area (Å²) in [6, 6.07) is 4.80. The average molecular weight is 279 g/mol. The standard InChI is InChI=1S/C17H26FNO/c1-17(2,3)19-11-14-10-15(18)8-9-16(14)20-12-13-6-4-5-7-13/h8-10,13,19H,4-7,11-12H2,1-3H3. The van der Waals surface area contributed by atoms with Gasteiger partial charge in [0, 0.05) is 17.6 Å². The predicted molar refractivity (Wildman–Crippen MR) is 80.4 cm³/mol. The van der Waals surface area contributed by atoms with Crippen LogP contribution in [0.2, 0.25) is 0 Å². The second-order valence-corrected chi connectivity index (χ2v) is 6.82. The fraction of sp³-hybridized carbons (Fsp3) is 0.647. The molecule has 1 aromatic carbocycles.